The molecule has 0 spiro atoms. The number of alkyl halides is 2. The summed E-state index contributed by atoms with van der Waals surface area (Å²) in [6, 6.07) is 5.95. The van der Waals surface area contributed by atoms with Gasteiger partial charge in [0.25, 0.3) is 0 Å². The molecule has 1 aromatic carbocycles. The molecule has 0 bridgehead atoms. The molecule has 2 aromatic heterocycles. The number of aliphatic hydroxyl groups is 1. The van der Waals surface area contributed by atoms with E-state index < -0.39 is 130 Å². The number of nitrogens with two attached hydrogens (primary N) is 2. The molecule has 7 rings (SSSR count). The van der Waals surface area contributed by atoms with Crippen LogP contribution < -0.4 is 11.5 Å². The van der Waals surface area contributed by atoms with Crippen LogP contribution in [0.5, 0.6) is 0 Å². The summed E-state index contributed by atoms with van der Waals surface area (Å²) >= 11 is 1.99. The molecule has 5 heterocycles. The summed E-state index contributed by atoms with van der Waals surface area (Å²) in [5, 5.41) is 20.2. The maximum Gasteiger partial charge on any atom is 0.405 e. The minimum absolute atomic E-state index is 0.112. The highest BCUT2D eigenvalue weighted by molar-refractivity contribution is 14.1. The van der Waals surface area contributed by atoms with Gasteiger partial charge in [-0.1, -0.05) is 82.9 Å². The number of nitrogen functional groups attached to an aromatic ring is 1. The molecule has 1 amide bonds. The van der Waals surface area contributed by atoms with Gasteiger partial charge in [0.1, 0.15) is 30.7 Å². The molecule has 0 radical (unpaired) electrons. The van der Waals surface area contributed by atoms with Crippen LogP contribution in [-0.4, -0.2) is 164 Å². The van der Waals surface area contributed by atoms with Gasteiger partial charge in [0.05, 0.1) is 53.3 Å². The number of likely N-dealkylation sites (N-methyl/N-ethyl adjacent to an activating group) is 1. The molecule has 3 aromatic rings. The Hall–Kier alpha value is -4.34. The van der Waals surface area contributed by atoms with Crippen LogP contribution in [0, 0.1) is 41.4 Å². The van der Waals surface area contributed by atoms with Crippen molar-refractivity contribution in [3.05, 3.63) is 54.1 Å². The van der Waals surface area contributed by atoms with Gasteiger partial charge in [-0.2, -0.15) is 0 Å². The number of primary amides is 1. The molecule has 23 heteroatoms. The lowest BCUT2D eigenvalue weighted by molar-refractivity contribution is -0.267. The minimum Gasteiger partial charge on any atom is -0.447 e. The maximum absolute atomic E-state index is 15.1. The number of ether oxygens (including phenoxy) is 8. The Morgan fingerprint density at radius 2 is 1.59 bits per heavy atom. The molecule has 4 aliphatic rings. The van der Waals surface area contributed by atoms with E-state index in [4.69, 9.17) is 49.4 Å². The van der Waals surface area contributed by atoms with Crippen molar-refractivity contribution >= 4 is 52.2 Å². The Balaban J connectivity index is 1.17. The number of amides is 1. The number of rotatable bonds is 20. The van der Waals surface area contributed by atoms with Gasteiger partial charge in [-0.05, 0) is 106 Å². The zero-order valence-corrected chi connectivity index (χ0v) is 52.7. The molecule has 19 atom stereocenters. The predicted octanol–water partition coefficient (Wildman–Crippen LogP) is 7.98. The van der Waals surface area contributed by atoms with Crippen LogP contribution in [0.4, 0.5) is 15.1 Å². The van der Waals surface area contributed by atoms with E-state index in [9.17, 15) is 9.90 Å². The number of Topliss-reactive ketones (excluding diaryl/α,β-unsaturated/α-hetero) is 2. The molecule has 1 saturated carbocycles. The standard InChI is InChI=1S/C60H90FIN8O13/c1-32-26-59(8,78-13)52(35(4)47(46-27-58(7,77-12)51(73)37(6)80-46)36(5)53(74)82-55(62)60(9,83-57(64)75)43(34(3)48(32)71)16-14-15-38-17-18-38)81-54-49(72)44(25-33(2)79-54)69(10)24-23-42-31-70(68-67-42)45(28-61)50(76-11)40-21-19-39(20-22-40)41-29-65-56(63)66-30-41/h19-22,29-38,43-47,50-52,54-55,73H,14-18,23-28H2,1-13H3,(H2,64,75)(H2,63,65,66)/t32-,33-,34-,35+,36-,37+,43-,44+,45-,46-,47?,50-,51+,52-,54+,55+,58-,59-,60+/m1/s1. The normalized spacial score (nSPS) is 35.8. The molecule has 3 aliphatic heterocycles. The molecule has 21 nitrogen and oxygen atoms in total. The van der Waals surface area contributed by atoms with Gasteiger partial charge in [0.2, 0.25) is 18.0 Å². The van der Waals surface area contributed by atoms with Crippen molar-refractivity contribution in [3.63, 3.8) is 0 Å². The third-order valence-corrected chi connectivity index (χ3v) is 20.3. The number of carbonyl (C=O) groups excluding carboxylic acids is 4. The Bertz CT molecular complexity index is 2660. The van der Waals surface area contributed by atoms with E-state index in [-0.39, 0.29) is 30.4 Å². The van der Waals surface area contributed by atoms with Crippen molar-refractivity contribution in [1.29, 1.82) is 0 Å². The van der Waals surface area contributed by atoms with E-state index in [0.29, 0.717) is 37.4 Å². The number of benzene rings is 1. The number of hydrogen-bond acceptors (Lipinski definition) is 19. The van der Waals surface area contributed by atoms with Crippen molar-refractivity contribution in [3.8, 4) is 11.1 Å². The minimum atomic E-state index is -1.52. The predicted molar refractivity (Wildman–Crippen MR) is 314 cm³/mol. The van der Waals surface area contributed by atoms with Crippen LogP contribution in [0.1, 0.15) is 137 Å². The number of aromatic nitrogens is 5. The second-order valence-electron chi connectivity index (χ2n) is 24.7. The van der Waals surface area contributed by atoms with Crippen LogP contribution in [0.3, 0.4) is 0 Å². The summed E-state index contributed by atoms with van der Waals surface area (Å²) in [4.78, 5) is 68.2. The highest BCUT2D eigenvalue weighted by Crippen LogP contribution is 2.48. The van der Waals surface area contributed by atoms with Crippen molar-refractivity contribution in [1.82, 2.24) is 29.9 Å². The fourth-order valence-corrected chi connectivity index (χ4v) is 14.3. The molecule has 462 valence electrons. The molecule has 83 heavy (non-hydrogen) atoms. The van der Waals surface area contributed by atoms with Crippen LogP contribution in [0.2, 0.25) is 0 Å². The quantitative estimate of drug-likeness (QED) is 0.0549. The first-order valence-corrected chi connectivity index (χ1v) is 30.5. The molecular weight excluding hydrogens is 1190 g/mol. The lowest BCUT2D eigenvalue weighted by atomic mass is 9.67. The van der Waals surface area contributed by atoms with Crippen LogP contribution in [0.15, 0.2) is 42.9 Å². The Kier molecular flexibility index (Phi) is 22.3. The number of carbonyl (C=O) groups is 4. The van der Waals surface area contributed by atoms with Gasteiger partial charge >= 0.3 is 12.1 Å². The van der Waals surface area contributed by atoms with Crippen molar-refractivity contribution in [2.24, 2.45) is 47.2 Å². The van der Waals surface area contributed by atoms with E-state index in [1.54, 1.807) is 46.3 Å². The summed E-state index contributed by atoms with van der Waals surface area (Å²) in [6.45, 7) is 15.9. The number of aliphatic hydroxyl groups excluding tert-OH is 1. The number of ketones is 2. The fraction of sp³-hybridized carbons (Fsp3) is 0.733. The molecule has 3 saturated heterocycles. The SMILES string of the molecule is CO[C@H](c1ccc(-c2cnc(N)nc2)cc1)[C@@H](CF)n1cc(CCN(C)[C@H]2C[C@@H](C)O[C@@H](O[C@@H]3[C@@H](C)C([C@H]4C[C@@](C)(OC)[C@@H](O)[C@H](C)O4)[C@@H](C)C(=O)O[C@H](I)[C@@](C)(OC(N)=O)[C@H](CCCC4CC4)[C@@H](C)C(=O)[C@H](C)C[C@@]3(C)OC)C2=O)nn1. The lowest BCUT2D eigenvalue weighted by Crippen LogP contribution is -2.62. The van der Waals surface area contributed by atoms with Gasteiger partial charge in [0, 0.05) is 88.5 Å². The highest BCUT2D eigenvalue weighted by Gasteiger charge is 2.57. The Morgan fingerprint density at radius 3 is 2.19 bits per heavy atom. The largest absolute Gasteiger partial charge is 0.447 e. The van der Waals surface area contributed by atoms with Gasteiger partial charge in [-0.15, -0.1) is 5.10 Å². The molecule has 4 fully saturated rings. The first kappa shape index (κ1) is 66.2. The van der Waals surface area contributed by atoms with E-state index in [2.05, 4.69) is 20.3 Å². The highest BCUT2D eigenvalue weighted by atomic mass is 127. The summed E-state index contributed by atoms with van der Waals surface area (Å²) in [5.74, 6) is -4.80. The van der Waals surface area contributed by atoms with Gasteiger partial charge in [-0.25, -0.2) is 23.8 Å². The number of nitrogens with zero attached hydrogens (tertiary/aromatic N) is 6. The number of hydrogen-bond donors (Lipinski definition) is 3. The topological polar surface area (TPSA) is 274 Å². The third-order valence-electron chi connectivity index (χ3n) is 18.8. The zero-order chi connectivity index (χ0) is 60.9. The van der Waals surface area contributed by atoms with Crippen molar-refractivity contribution < 1.29 is 66.6 Å². The average Bonchev–Trinajstić information content (AvgIpc) is 3.45. The monoisotopic (exact) mass is 1280 g/mol. The zero-order valence-electron chi connectivity index (χ0n) is 50.6. The van der Waals surface area contributed by atoms with E-state index in [0.717, 1.165) is 42.4 Å². The second-order valence-corrected chi connectivity index (χ2v) is 25.8. The fourth-order valence-electron chi connectivity index (χ4n) is 13.5. The van der Waals surface area contributed by atoms with E-state index >= 15 is 18.8 Å². The molecule has 1 unspecified atom stereocenters. The Morgan fingerprint density at radius 1 is 0.928 bits per heavy atom. The van der Waals surface area contributed by atoms with Gasteiger partial charge in [0.15, 0.2) is 9.71 Å². The first-order valence-electron chi connectivity index (χ1n) is 29.3. The Labute approximate surface area is 501 Å². The number of anilines is 1. The van der Waals surface area contributed by atoms with Crippen LogP contribution in [0.25, 0.3) is 11.1 Å². The summed E-state index contributed by atoms with van der Waals surface area (Å²) in [5.41, 5.74) is 10.4. The second kappa shape index (κ2) is 28.0. The van der Waals surface area contributed by atoms with Crippen LogP contribution >= 0.6 is 22.6 Å². The summed E-state index contributed by atoms with van der Waals surface area (Å²) in [6.07, 6.45) is 3.16. The average molecular weight is 1280 g/mol. The number of methoxy groups -OCH3 is 3. The van der Waals surface area contributed by atoms with E-state index in [1.807, 2.05) is 93.4 Å². The third kappa shape index (κ3) is 15.1. The summed E-state index contributed by atoms with van der Waals surface area (Å²) in [7, 11) is 6.42. The van der Waals surface area contributed by atoms with Crippen LogP contribution in [-0.2, 0) is 58.7 Å². The number of halogens is 2. The maximum atomic E-state index is 15.1. The lowest BCUT2D eigenvalue weighted by Gasteiger charge is -2.52. The number of cyclic esters (lactones) is 1. The van der Waals surface area contributed by atoms with Crippen molar-refractivity contribution in [2.75, 3.05) is 47.3 Å². The smallest absolute Gasteiger partial charge is 0.405 e. The molecule has 1 aliphatic carbocycles. The van der Waals surface area contributed by atoms with Gasteiger partial charge in [-0.3, -0.25) is 19.3 Å². The van der Waals surface area contributed by atoms with E-state index in [1.165, 1.54) is 26.0 Å². The number of esters is 1. The molecule has 5 N–H and O–H groups in total. The summed E-state index contributed by atoms with van der Waals surface area (Å²) < 4.78 is 66.6. The van der Waals surface area contributed by atoms with Crippen molar-refractivity contribution in [2.45, 2.75) is 196 Å². The molecular formula is C60H90FIN8O13. The first-order chi connectivity index (χ1) is 39.2. The van der Waals surface area contributed by atoms with Gasteiger partial charge < -0.3 is 54.5 Å².